The minimum atomic E-state index is -0.296. The van der Waals surface area contributed by atoms with Crippen molar-refractivity contribution in [2.75, 3.05) is 11.5 Å². The Hall–Kier alpha value is -2.53. The van der Waals surface area contributed by atoms with Gasteiger partial charge in [0.2, 0.25) is 0 Å². The van der Waals surface area contributed by atoms with Crippen LogP contribution < -0.4 is 9.64 Å². The Morgan fingerprint density at radius 3 is 2.54 bits per heavy atom. The maximum atomic E-state index is 12.6. The number of aryl methyl sites for hydroxylation is 1. The molecule has 0 aromatic heterocycles. The Balaban J connectivity index is 1.86. The normalized spacial score (nSPS) is 16.1. The van der Waals surface area contributed by atoms with Gasteiger partial charge in [-0.2, -0.15) is 0 Å². The number of imide groups is 1. The number of hydrogen-bond acceptors (Lipinski definition) is 4. The second kappa shape index (κ2) is 6.93. The van der Waals surface area contributed by atoms with Gasteiger partial charge in [-0.05, 0) is 61.5 Å². The predicted octanol–water partition coefficient (Wildman–Crippen LogP) is 4.63. The van der Waals surface area contributed by atoms with Gasteiger partial charge in [0, 0.05) is 0 Å². The summed E-state index contributed by atoms with van der Waals surface area (Å²) in [5, 5.41) is -0.289. The summed E-state index contributed by atoms with van der Waals surface area (Å²) in [5.41, 5.74) is 2.57. The van der Waals surface area contributed by atoms with E-state index >= 15 is 0 Å². The molecule has 0 radical (unpaired) electrons. The fourth-order valence-corrected chi connectivity index (χ4v) is 3.30. The van der Waals surface area contributed by atoms with Crippen LogP contribution in [0.15, 0.2) is 53.4 Å². The molecule has 0 spiro atoms. The first kappa shape index (κ1) is 16.3. The van der Waals surface area contributed by atoms with E-state index < -0.39 is 0 Å². The summed E-state index contributed by atoms with van der Waals surface area (Å²) < 4.78 is 5.38. The van der Waals surface area contributed by atoms with Crippen LogP contribution in [0, 0.1) is 6.92 Å². The lowest BCUT2D eigenvalue weighted by Crippen LogP contribution is -2.27. The highest BCUT2D eigenvalue weighted by atomic mass is 32.2. The smallest absolute Gasteiger partial charge is 0.298 e. The third-order valence-corrected chi connectivity index (χ3v) is 4.41. The number of hydrogen-bond donors (Lipinski definition) is 0. The number of nitrogens with zero attached hydrogens (tertiary/aromatic N) is 1. The molecule has 5 heteroatoms. The summed E-state index contributed by atoms with van der Waals surface area (Å²) in [4.78, 5) is 26.5. The highest BCUT2D eigenvalue weighted by Crippen LogP contribution is 2.36. The average Bonchev–Trinajstić information content (AvgIpc) is 2.83. The van der Waals surface area contributed by atoms with Gasteiger partial charge in [-0.15, -0.1) is 0 Å². The zero-order valence-electron chi connectivity index (χ0n) is 13.5. The van der Waals surface area contributed by atoms with Crippen LogP contribution in [0.5, 0.6) is 5.75 Å². The number of thioether (sulfide) groups is 1. The van der Waals surface area contributed by atoms with Crippen molar-refractivity contribution in [3.8, 4) is 5.75 Å². The number of amides is 2. The van der Waals surface area contributed by atoms with Crippen LogP contribution in [0.3, 0.4) is 0 Å². The van der Waals surface area contributed by atoms with Gasteiger partial charge in [0.05, 0.1) is 17.2 Å². The van der Waals surface area contributed by atoms with Crippen molar-refractivity contribution < 1.29 is 14.3 Å². The molecule has 0 N–H and O–H groups in total. The fourth-order valence-electron chi connectivity index (χ4n) is 2.46. The molecule has 1 saturated heterocycles. The minimum absolute atomic E-state index is 0.289. The lowest BCUT2D eigenvalue weighted by atomic mass is 10.1. The van der Waals surface area contributed by atoms with Crippen molar-refractivity contribution in [2.45, 2.75) is 13.8 Å². The van der Waals surface area contributed by atoms with E-state index in [0.717, 1.165) is 22.9 Å². The van der Waals surface area contributed by atoms with Crippen LogP contribution in [0.1, 0.15) is 18.1 Å². The van der Waals surface area contributed by atoms with Gasteiger partial charge in [0.1, 0.15) is 5.75 Å². The molecule has 3 rings (SSSR count). The second-order valence-electron chi connectivity index (χ2n) is 5.36. The van der Waals surface area contributed by atoms with E-state index in [9.17, 15) is 9.59 Å². The summed E-state index contributed by atoms with van der Waals surface area (Å²) in [6.07, 6.45) is 1.76. The van der Waals surface area contributed by atoms with E-state index in [-0.39, 0.29) is 11.1 Å². The Morgan fingerprint density at radius 2 is 1.88 bits per heavy atom. The number of rotatable bonds is 4. The topological polar surface area (TPSA) is 46.6 Å². The van der Waals surface area contributed by atoms with Gasteiger partial charge in [0.25, 0.3) is 11.1 Å². The standard InChI is InChI=1S/C19H17NO3S/c1-3-23-16-9-7-15(8-10-16)20-18(21)17(24-19(20)22)12-14-6-4-5-13(2)11-14/h4-12H,3H2,1-2H3/b17-12-. The molecule has 0 bridgehead atoms. The van der Waals surface area contributed by atoms with Gasteiger partial charge in [-0.1, -0.05) is 29.8 Å². The SMILES string of the molecule is CCOc1ccc(N2C(=O)S/C(=C\c3cccc(C)c3)C2=O)cc1. The van der Waals surface area contributed by atoms with E-state index in [2.05, 4.69) is 0 Å². The van der Waals surface area contributed by atoms with Crippen molar-refractivity contribution in [3.63, 3.8) is 0 Å². The van der Waals surface area contributed by atoms with Gasteiger partial charge >= 0.3 is 0 Å². The predicted molar refractivity (Wildman–Crippen MR) is 97.2 cm³/mol. The molecule has 0 saturated carbocycles. The number of benzene rings is 2. The Kier molecular flexibility index (Phi) is 4.71. The highest BCUT2D eigenvalue weighted by molar-refractivity contribution is 8.19. The second-order valence-corrected chi connectivity index (χ2v) is 6.35. The van der Waals surface area contributed by atoms with Gasteiger partial charge in [-0.25, -0.2) is 4.90 Å². The molecule has 24 heavy (non-hydrogen) atoms. The maximum absolute atomic E-state index is 12.6. The summed E-state index contributed by atoms with van der Waals surface area (Å²) in [7, 11) is 0. The summed E-state index contributed by atoms with van der Waals surface area (Å²) in [6, 6.07) is 14.8. The summed E-state index contributed by atoms with van der Waals surface area (Å²) in [5.74, 6) is 0.416. The zero-order valence-corrected chi connectivity index (χ0v) is 14.3. The van der Waals surface area contributed by atoms with Crippen LogP contribution in [0.4, 0.5) is 10.5 Å². The number of ether oxygens (including phenoxy) is 1. The lowest BCUT2D eigenvalue weighted by Gasteiger charge is -2.13. The monoisotopic (exact) mass is 339 g/mol. The zero-order chi connectivity index (χ0) is 17.1. The molecule has 1 heterocycles. The first-order valence-electron chi connectivity index (χ1n) is 7.66. The molecule has 1 aliphatic heterocycles. The van der Waals surface area contributed by atoms with Crippen molar-refractivity contribution in [1.29, 1.82) is 0 Å². The number of carbonyl (C=O) groups is 2. The Labute approximate surface area is 145 Å². The quantitative estimate of drug-likeness (QED) is 0.762. The van der Waals surface area contributed by atoms with Gasteiger partial charge in [0.15, 0.2) is 0 Å². The van der Waals surface area contributed by atoms with E-state index in [1.165, 1.54) is 4.90 Å². The largest absolute Gasteiger partial charge is 0.494 e. The molecule has 0 unspecified atom stereocenters. The molecule has 122 valence electrons. The molecular formula is C19H17NO3S. The molecule has 2 aromatic carbocycles. The van der Waals surface area contributed by atoms with Crippen LogP contribution in [0.2, 0.25) is 0 Å². The van der Waals surface area contributed by atoms with Crippen molar-refractivity contribution in [1.82, 2.24) is 0 Å². The van der Waals surface area contributed by atoms with E-state index in [1.54, 1.807) is 30.3 Å². The summed E-state index contributed by atoms with van der Waals surface area (Å²) in [6.45, 7) is 4.46. The summed E-state index contributed by atoms with van der Waals surface area (Å²) >= 11 is 0.959. The highest BCUT2D eigenvalue weighted by Gasteiger charge is 2.36. The Morgan fingerprint density at radius 1 is 1.12 bits per heavy atom. The minimum Gasteiger partial charge on any atom is -0.494 e. The molecule has 2 amide bonds. The van der Waals surface area contributed by atoms with Crippen LogP contribution >= 0.6 is 11.8 Å². The molecule has 0 atom stereocenters. The van der Waals surface area contributed by atoms with E-state index in [4.69, 9.17) is 4.74 Å². The molecule has 2 aromatic rings. The third kappa shape index (κ3) is 3.36. The Bertz CT molecular complexity index is 812. The van der Waals surface area contributed by atoms with Crippen LogP contribution in [-0.4, -0.2) is 17.8 Å². The lowest BCUT2D eigenvalue weighted by molar-refractivity contribution is -0.113. The maximum Gasteiger partial charge on any atom is 0.298 e. The van der Waals surface area contributed by atoms with Gasteiger partial charge in [-0.3, -0.25) is 9.59 Å². The molecule has 4 nitrogen and oxygen atoms in total. The van der Waals surface area contributed by atoms with Crippen molar-refractivity contribution >= 4 is 34.7 Å². The fraction of sp³-hybridized carbons (Fsp3) is 0.158. The molecular weight excluding hydrogens is 322 g/mol. The van der Waals surface area contributed by atoms with Crippen LogP contribution in [0.25, 0.3) is 6.08 Å². The van der Waals surface area contributed by atoms with Crippen LogP contribution in [-0.2, 0) is 4.79 Å². The average molecular weight is 339 g/mol. The number of anilines is 1. The molecule has 1 fully saturated rings. The van der Waals surface area contributed by atoms with Gasteiger partial charge < -0.3 is 4.74 Å². The van der Waals surface area contributed by atoms with Crippen molar-refractivity contribution in [3.05, 3.63) is 64.6 Å². The van der Waals surface area contributed by atoms with E-state index in [0.29, 0.717) is 22.9 Å². The number of carbonyl (C=O) groups excluding carboxylic acids is 2. The third-order valence-electron chi connectivity index (χ3n) is 3.54. The molecule has 0 aliphatic carbocycles. The first-order valence-corrected chi connectivity index (χ1v) is 8.47. The van der Waals surface area contributed by atoms with E-state index in [1.807, 2.05) is 38.1 Å². The van der Waals surface area contributed by atoms with Crippen molar-refractivity contribution in [2.24, 2.45) is 0 Å². The first-order chi connectivity index (χ1) is 11.6. The molecule has 1 aliphatic rings.